The van der Waals surface area contributed by atoms with Crippen LogP contribution in [0.3, 0.4) is 0 Å². The Morgan fingerprint density at radius 1 is 1.05 bits per heavy atom. The Balaban J connectivity index is 2.11. The fourth-order valence-corrected chi connectivity index (χ4v) is 1.67. The normalized spacial score (nSPS) is 10.0. The molecule has 102 valence electrons. The van der Waals surface area contributed by atoms with E-state index in [4.69, 9.17) is 10.2 Å². The summed E-state index contributed by atoms with van der Waals surface area (Å²) < 4.78 is 0. The molecule has 0 radical (unpaired) electrons. The molecule has 0 aliphatic heterocycles. The predicted octanol–water partition coefficient (Wildman–Crippen LogP) is 2.15. The minimum Gasteiger partial charge on any atom is -0.481 e. The maximum Gasteiger partial charge on any atom is 0.337 e. The third-order valence-corrected chi connectivity index (χ3v) is 2.58. The zero-order valence-electron chi connectivity index (χ0n) is 10.4. The molecule has 3 N–H and O–H groups in total. The number of carboxylic acid groups (broad SMARTS) is 2. The van der Waals surface area contributed by atoms with Gasteiger partial charge in [-0.1, -0.05) is 12.1 Å². The zero-order chi connectivity index (χ0) is 14.5. The topological polar surface area (TPSA) is 99.5 Å². The van der Waals surface area contributed by atoms with Crippen LogP contribution in [0.25, 0.3) is 0 Å². The monoisotopic (exact) mass is 272 g/mol. The predicted molar refractivity (Wildman–Crippen MR) is 72.3 cm³/mol. The molecule has 0 fully saturated rings. The first-order valence-corrected chi connectivity index (χ1v) is 5.81. The highest BCUT2D eigenvalue weighted by atomic mass is 16.4. The van der Waals surface area contributed by atoms with Crippen LogP contribution < -0.4 is 5.32 Å². The van der Waals surface area contributed by atoms with Crippen molar-refractivity contribution in [3.05, 3.63) is 53.9 Å². The lowest BCUT2D eigenvalue weighted by Crippen LogP contribution is -2.01. The van der Waals surface area contributed by atoms with Crippen molar-refractivity contribution in [2.24, 2.45) is 0 Å². The number of benzene rings is 1. The Morgan fingerprint density at radius 2 is 1.75 bits per heavy atom. The van der Waals surface area contributed by atoms with Crippen LogP contribution in [-0.4, -0.2) is 27.1 Å². The summed E-state index contributed by atoms with van der Waals surface area (Å²) in [7, 11) is 0. The number of nitrogens with zero attached hydrogens (tertiary/aromatic N) is 1. The fraction of sp³-hybridized carbons (Fsp3) is 0.0714. The van der Waals surface area contributed by atoms with Crippen molar-refractivity contribution >= 4 is 23.3 Å². The van der Waals surface area contributed by atoms with E-state index in [9.17, 15) is 9.59 Å². The van der Waals surface area contributed by atoms with E-state index in [0.29, 0.717) is 11.3 Å². The van der Waals surface area contributed by atoms with Gasteiger partial charge in [0, 0.05) is 11.9 Å². The number of aromatic carboxylic acids is 1. The van der Waals surface area contributed by atoms with Crippen LogP contribution in [0.1, 0.15) is 15.9 Å². The molecule has 0 aliphatic rings. The molecule has 0 spiro atoms. The number of nitrogens with one attached hydrogen (secondary N) is 1. The number of carboxylic acids is 2. The maximum absolute atomic E-state index is 10.8. The zero-order valence-corrected chi connectivity index (χ0v) is 10.4. The molecule has 0 saturated carbocycles. The quantitative estimate of drug-likeness (QED) is 0.771. The van der Waals surface area contributed by atoms with Gasteiger partial charge < -0.3 is 15.5 Å². The number of rotatable bonds is 5. The van der Waals surface area contributed by atoms with E-state index in [1.807, 2.05) is 0 Å². The molecule has 2 aromatic rings. The SMILES string of the molecule is O=C(O)Cc1ccc(Nc2cncc(C(=O)O)c2)cc1. The Morgan fingerprint density at radius 3 is 2.35 bits per heavy atom. The highest BCUT2D eigenvalue weighted by molar-refractivity contribution is 5.88. The van der Waals surface area contributed by atoms with Crippen molar-refractivity contribution in [2.45, 2.75) is 6.42 Å². The van der Waals surface area contributed by atoms with E-state index in [1.165, 1.54) is 18.5 Å². The number of aliphatic carboxylic acids is 1. The van der Waals surface area contributed by atoms with Gasteiger partial charge in [0.2, 0.25) is 0 Å². The van der Waals surface area contributed by atoms with Gasteiger partial charge in [0.05, 0.1) is 23.9 Å². The van der Waals surface area contributed by atoms with E-state index in [1.54, 1.807) is 24.3 Å². The number of hydrogen-bond acceptors (Lipinski definition) is 4. The Labute approximate surface area is 114 Å². The van der Waals surface area contributed by atoms with Gasteiger partial charge in [-0.05, 0) is 23.8 Å². The second-order valence-corrected chi connectivity index (χ2v) is 4.16. The molecule has 0 unspecified atom stereocenters. The van der Waals surface area contributed by atoms with Crippen LogP contribution in [-0.2, 0) is 11.2 Å². The minimum atomic E-state index is -1.04. The van der Waals surface area contributed by atoms with Gasteiger partial charge in [0.15, 0.2) is 0 Å². The molecule has 0 amide bonds. The van der Waals surface area contributed by atoms with Crippen molar-refractivity contribution in [1.29, 1.82) is 0 Å². The van der Waals surface area contributed by atoms with Crippen molar-refractivity contribution in [1.82, 2.24) is 4.98 Å². The molecule has 1 aromatic heterocycles. The summed E-state index contributed by atoms with van der Waals surface area (Å²) in [5, 5.41) is 20.6. The molecule has 0 saturated heterocycles. The number of anilines is 2. The number of aromatic nitrogens is 1. The van der Waals surface area contributed by atoms with Crippen molar-refractivity contribution in [2.75, 3.05) is 5.32 Å². The minimum absolute atomic E-state index is 0.0314. The molecule has 0 atom stereocenters. The smallest absolute Gasteiger partial charge is 0.337 e. The first-order chi connectivity index (χ1) is 9.54. The van der Waals surface area contributed by atoms with Gasteiger partial charge in [-0.15, -0.1) is 0 Å². The van der Waals surface area contributed by atoms with Gasteiger partial charge >= 0.3 is 11.9 Å². The fourth-order valence-electron chi connectivity index (χ4n) is 1.67. The standard InChI is InChI=1S/C14H12N2O4/c17-13(18)5-9-1-3-11(4-2-9)16-12-6-10(14(19)20)7-15-8-12/h1-4,6-8,16H,5H2,(H,17,18)(H,19,20). The third kappa shape index (κ3) is 3.55. The first kappa shape index (κ1) is 13.5. The highest BCUT2D eigenvalue weighted by Gasteiger charge is 2.05. The number of pyridine rings is 1. The molecule has 1 heterocycles. The van der Waals surface area contributed by atoms with Crippen LogP contribution in [0.5, 0.6) is 0 Å². The molecular weight excluding hydrogens is 260 g/mol. The van der Waals surface area contributed by atoms with Crippen LogP contribution in [0.2, 0.25) is 0 Å². The molecule has 1 aromatic carbocycles. The van der Waals surface area contributed by atoms with Gasteiger partial charge in [0.25, 0.3) is 0 Å². The lowest BCUT2D eigenvalue weighted by molar-refractivity contribution is -0.136. The molecule has 20 heavy (non-hydrogen) atoms. The number of carbonyl (C=O) groups is 2. The van der Waals surface area contributed by atoms with E-state index in [-0.39, 0.29) is 12.0 Å². The molecule has 0 aliphatic carbocycles. The average molecular weight is 272 g/mol. The van der Waals surface area contributed by atoms with Crippen molar-refractivity contribution < 1.29 is 19.8 Å². The van der Waals surface area contributed by atoms with Crippen LogP contribution in [0.15, 0.2) is 42.7 Å². The maximum atomic E-state index is 10.8. The Bertz CT molecular complexity index is 638. The van der Waals surface area contributed by atoms with E-state index in [2.05, 4.69) is 10.3 Å². The number of hydrogen-bond donors (Lipinski definition) is 3. The summed E-state index contributed by atoms with van der Waals surface area (Å²) in [6.45, 7) is 0. The Kier molecular flexibility index (Phi) is 3.95. The molecule has 2 rings (SSSR count). The van der Waals surface area contributed by atoms with Crippen molar-refractivity contribution in [3.8, 4) is 0 Å². The summed E-state index contributed by atoms with van der Waals surface area (Å²) in [5.74, 6) is -1.93. The summed E-state index contributed by atoms with van der Waals surface area (Å²) in [5.41, 5.74) is 2.07. The van der Waals surface area contributed by atoms with E-state index in [0.717, 1.165) is 5.69 Å². The third-order valence-electron chi connectivity index (χ3n) is 2.58. The van der Waals surface area contributed by atoms with Crippen LogP contribution in [0, 0.1) is 0 Å². The summed E-state index contributed by atoms with van der Waals surface area (Å²) >= 11 is 0. The van der Waals surface area contributed by atoms with E-state index < -0.39 is 11.9 Å². The summed E-state index contributed by atoms with van der Waals surface area (Å²) in [6.07, 6.45) is 2.75. The van der Waals surface area contributed by atoms with Gasteiger partial charge in [0.1, 0.15) is 0 Å². The lowest BCUT2D eigenvalue weighted by atomic mass is 10.1. The first-order valence-electron chi connectivity index (χ1n) is 5.81. The molecule has 0 bridgehead atoms. The Hall–Kier alpha value is -2.89. The van der Waals surface area contributed by atoms with Crippen molar-refractivity contribution in [3.63, 3.8) is 0 Å². The second kappa shape index (κ2) is 5.83. The van der Waals surface area contributed by atoms with E-state index >= 15 is 0 Å². The molecular formula is C14H12N2O4. The van der Waals surface area contributed by atoms with Crippen LogP contribution in [0.4, 0.5) is 11.4 Å². The van der Waals surface area contributed by atoms with Gasteiger partial charge in [-0.3, -0.25) is 9.78 Å². The second-order valence-electron chi connectivity index (χ2n) is 4.16. The highest BCUT2D eigenvalue weighted by Crippen LogP contribution is 2.17. The largest absolute Gasteiger partial charge is 0.481 e. The summed E-state index contributed by atoms with van der Waals surface area (Å²) in [4.78, 5) is 25.2. The van der Waals surface area contributed by atoms with Crippen LogP contribution >= 0.6 is 0 Å². The summed E-state index contributed by atoms with van der Waals surface area (Å²) in [6, 6.07) is 8.33. The van der Waals surface area contributed by atoms with Gasteiger partial charge in [-0.2, -0.15) is 0 Å². The molecule has 6 heteroatoms. The lowest BCUT2D eigenvalue weighted by Gasteiger charge is -2.07. The molecule has 6 nitrogen and oxygen atoms in total. The average Bonchev–Trinajstić information content (AvgIpc) is 2.41. The van der Waals surface area contributed by atoms with Gasteiger partial charge in [-0.25, -0.2) is 4.79 Å².